The number of imidazole rings is 1. The van der Waals surface area contributed by atoms with Crippen LogP contribution in [0.2, 0.25) is 5.02 Å². The van der Waals surface area contributed by atoms with E-state index in [0.29, 0.717) is 17.1 Å². The molecule has 1 atom stereocenters. The molecule has 1 unspecified atom stereocenters. The highest BCUT2D eigenvalue weighted by atomic mass is 35.5. The van der Waals surface area contributed by atoms with Crippen LogP contribution in [0.1, 0.15) is 22.5 Å². The molecule has 2 heterocycles. The molecule has 4 nitrogen and oxygen atoms in total. The second kappa shape index (κ2) is 6.95. The Bertz CT molecular complexity index is 884. The van der Waals surface area contributed by atoms with Crippen LogP contribution in [0.5, 0.6) is 0 Å². The van der Waals surface area contributed by atoms with Crippen LogP contribution in [-0.2, 0) is 6.42 Å². The summed E-state index contributed by atoms with van der Waals surface area (Å²) in [4.78, 5) is 16.9. The van der Waals surface area contributed by atoms with E-state index >= 15 is 0 Å². The molecule has 1 aromatic carbocycles. The fraction of sp³-hybridized carbons (Fsp3) is 0.250. The third-order valence-electron chi connectivity index (χ3n) is 3.81. The molecule has 2 aromatic heterocycles. The first kappa shape index (κ1) is 17.9. The minimum absolute atomic E-state index is 0. The van der Waals surface area contributed by atoms with E-state index < -0.39 is 5.50 Å². The summed E-state index contributed by atoms with van der Waals surface area (Å²) in [5.41, 5.74) is 2.57. The summed E-state index contributed by atoms with van der Waals surface area (Å²) in [6, 6.07) is 7.44. The van der Waals surface area contributed by atoms with Gasteiger partial charge in [-0.25, -0.2) is 4.98 Å². The molecule has 0 saturated carbocycles. The first-order chi connectivity index (χ1) is 10.5. The first-order valence-electron chi connectivity index (χ1n) is 6.92. The van der Waals surface area contributed by atoms with Gasteiger partial charge >= 0.3 is 0 Å². The minimum Gasteiger partial charge on any atom is -0.298 e. The average molecular weight is 373 g/mol. The molecule has 0 spiro atoms. The van der Waals surface area contributed by atoms with Crippen molar-refractivity contribution < 1.29 is 0 Å². The number of hydrogen-bond acceptors (Lipinski definition) is 2. The van der Waals surface area contributed by atoms with Gasteiger partial charge in [0.2, 0.25) is 5.65 Å². The molecule has 0 aliphatic carbocycles. The maximum atomic E-state index is 12.6. The van der Waals surface area contributed by atoms with Gasteiger partial charge in [-0.3, -0.25) is 13.8 Å². The quantitative estimate of drug-likeness (QED) is 0.647. The Labute approximate surface area is 150 Å². The second-order valence-corrected chi connectivity index (χ2v) is 6.19. The summed E-state index contributed by atoms with van der Waals surface area (Å²) in [5.74, 6) is 0. The first-order valence-corrected chi connectivity index (χ1v) is 7.73. The van der Waals surface area contributed by atoms with Crippen molar-refractivity contribution in [2.45, 2.75) is 25.8 Å². The monoisotopic (exact) mass is 371 g/mol. The highest BCUT2D eigenvalue weighted by molar-refractivity contribution is 6.30. The van der Waals surface area contributed by atoms with Gasteiger partial charge in [-0.15, -0.1) is 12.4 Å². The molecule has 0 fully saturated rings. The molecule has 7 heteroatoms. The lowest BCUT2D eigenvalue weighted by Crippen LogP contribution is -2.24. The molecule has 23 heavy (non-hydrogen) atoms. The van der Waals surface area contributed by atoms with Crippen molar-refractivity contribution in [3.63, 3.8) is 0 Å². The van der Waals surface area contributed by atoms with E-state index in [2.05, 4.69) is 4.98 Å². The van der Waals surface area contributed by atoms with Crippen LogP contribution in [0.4, 0.5) is 0 Å². The number of halogens is 3. The van der Waals surface area contributed by atoms with Gasteiger partial charge in [0.1, 0.15) is 5.50 Å². The van der Waals surface area contributed by atoms with Crippen LogP contribution in [-0.4, -0.2) is 14.0 Å². The van der Waals surface area contributed by atoms with Crippen LogP contribution in [0.25, 0.3) is 5.65 Å². The third-order valence-corrected chi connectivity index (χ3v) is 4.42. The summed E-state index contributed by atoms with van der Waals surface area (Å²) in [5, 5.41) is 0.678. The number of alkyl halides is 1. The molecule has 0 amide bonds. The predicted octanol–water partition coefficient (Wildman–Crippen LogP) is 4.17. The molecule has 0 saturated heterocycles. The van der Waals surface area contributed by atoms with Crippen LogP contribution in [0, 0.1) is 13.8 Å². The normalized spacial score (nSPS) is 12.2. The summed E-state index contributed by atoms with van der Waals surface area (Å²) >= 11 is 12.3. The lowest BCUT2D eigenvalue weighted by Gasteiger charge is -2.13. The van der Waals surface area contributed by atoms with E-state index in [-0.39, 0.29) is 18.0 Å². The number of benzene rings is 1. The van der Waals surface area contributed by atoms with Gasteiger partial charge < -0.3 is 0 Å². The van der Waals surface area contributed by atoms with Gasteiger partial charge in [-0.05, 0) is 31.5 Å². The molecule has 0 aliphatic rings. The number of fused-ring (bicyclic) bond motifs is 1. The van der Waals surface area contributed by atoms with Gasteiger partial charge in [0.05, 0.1) is 5.69 Å². The molecular formula is C16H16Cl3N3O. The smallest absolute Gasteiger partial charge is 0.295 e. The largest absolute Gasteiger partial charge is 0.298 e. The summed E-state index contributed by atoms with van der Waals surface area (Å²) in [6.45, 7) is 3.82. The van der Waals surface area contributed by atoms with E-state index in [9.17, 15) is 4.79 Å². The zero-order valence-corrected chi connectivity index (χ0v) is 15.0. The number of nitrogens with zero attached hydrogens (tertiary/aromatic N) is 3. The fourth-order valence-electron chi connectivity index (χ4n) is 2.42. The summed E-state index contributed by atoms with van der Waals surface area (Å²) in [6.07, 6.45) is 4.06. The maximum absolute atomic E-state index is 12.6. The van der Waals surface area contributed by atoms with Crippen LogP contribution in [0.3, 0.4) is 0 Å². The maximum Gasteiger partial charge on any atom is 0.295 e. The Morgan fingerprint density at radius 1 is 1.17 bits per heavy atom. The van der Waals surface area contributed by atoms with Crippen LogP contribution in [0.15, 0.2) is 41.5 Å². The van der Waals surface area contributed by atoms with Gasteiger partial charge in [-0.2, -0.15) is 0 Å². The van der Waals surface area contributed by atoms with Gasteiger partial charge in [0.25, 0.3) is 5.56 Å². The Balaban J connectivity index is 0.00000192. The van der Waals surface area contributed by atoms with Crippen molar-refractivity contribution in [2.75, 3.05) is 0 Å². The average Bonchev–Trinajstić information content (AvgIpc) is 2.78. The van der Waals surface area contributed by atoms with E-state index in [1.54, 1.807) is 10.6 Å². The van der Waals surface area contributed by atoms with Gasteiger partial charge in [-0.1, -0.05) is 35.3 Å². The highest BCUT2D eigenvalue weighted by Crippen LogP contribution is 2.19. The number of aromatic nitrogens is 3. The third kappa shape index (κ3) is 3.39. The van der Waals surface area contributed by atoms with Gasteiger partial charge in [0, 0.05) is 29.5 Å². The fourth-order valence-corrected chi connectivity index (χ4v) is 2.87. The second-order valence-electron chi connectivity index (χ2n) is 5.25. The van der Waals surface area contributed by atoms with E-state index in [4.69, 9.17) is 23.2 Å². The molecular weight excluding hydrogens is 357 g/mol. The lowest BCUT2D eigenvalue weighted by atomic mass is 10.1. The molecule has 122 valence electrons. The SMILES string of the molecule is Cc1nc2c(=O)n(C(Cl)Cc3ccc(Cl)cc3)ccn2c1C.Cl. The minimum atomic E-state index is -0.476. The van der Waals surface area contributed by atoms with E-state index in [1.807, 2.05) is 44.3 Å². The van der Waals surface area contributed by atoms with E-state index in [1.165, 1.54) is 4.57 Å². The zero-order chi connectivity index (χ0) is 15.9. The number of aryl methyl sites for hydroxylation is 2. The van der Waals surface area contributed by atoms with Crippen molar-refractivity contribution in [3.8, 4) is 0 Å². The van der Waals surface area contributed by atoms with Crippen LogP contribution >= 0.6 is 35.6 Å². The van der Waals surface area contributed by atoms with Crippen molar-refractivity contribution in [1.29, 1.82) is 0 Å². The van der Waals surface area contributed by atoms with Crippen molar-refractivity contribution in [3.05, 3.63) is 69.0 Å². The number of hydrogen-bond donors (Lipinski definition) is 0. The Morgan fingerprint density at radius 3 is 2.48 bits per heavy atom. The molecule has 0 N–H and O–H groups in total. The van der Waals surface area contributed by atoms with Crippen molar-refractivity contribution >= 4 is 41.3 Å². The lowest BCUT2D eigenvalue weighted by molar-refractivity contribution is 0.635. The predicted molar refractivity (Wildman–Crippen MR) is 96.2 cm³/mol. The Hall–Kier alpha value is -1.49. The van der Waals surface area contributed by atoms with E-state index in [0.717, 1.165) is 17.0 Å². The standard InChI is InChI=1S/C16H15Cl2N3O.ClH/c1-10-11(2)20-7-8-21(16(22)15(20)19-10)14(18)9-12-3-5-13(17)6-4-12;/h3-8,14H,9H2,1-2H3;1H. The zero-order valence-electron chi connectivity index (χ0n) is 12.7. The van der Waals surface area contributed by atoms with Crippen LogP contribution < -0.4 is 5.56 Å². The topological polar surface area (TPSA) is 39.3 Å². The highest BCUT2D eigenvalue weighted by Gasteiger charge is 2.15. The summed E-state index contributed by atoms with van der Waals surface area (Å²) < 4.78 is 3.30. The molecule has 0 bridgehead atoms. The van der Waals surface area contributed by atoms with Gasteiger partial charge in [0.15, 0.2) is 0 Å². The number of rotatable bonds is 3. The van der Waals surface area contributed by atoms with Crippen molar-refractivity contribution in [2.24, 2.45) is 0 Å². The Kier molecular flexibility index (Phi) is 5.40. The molecule has 0 aliphatic heterocycles. The summed E-state index contributed by atoms with van der Waals surface area (Å²) in [7, 11) is 0. The molecule has 3 rings (SSSR count). The van der Waals surface area contributed by atoms with Crippen molar-refractivity contribution in [1.82, 2.24) is 14.0 Å². The molecule has 0 radical (unpaired) electrons. The Morgan fingerprint density at radius 2 is 1.83 bits per heavy atom. The molecule has 3 aromatic rings.